The van der Waals surface area contributed by atoms with E-state index in [9.17, 15) is 31.9 Å². The average Bonchev–Trinajstić information content (AvgIpc) is 3.91. The molecule has 6 rings (SSSR count). The molecule has 0 unspecified atom stereocenters. The number of aryl methyl sites for hydroxylation is 1. The Labute approximate surface area is 323 Å². The number of methoxy groups -OCH3 is 4. The van der Waals surface area contributed by atoms with Crippen LogP contribution in [0.3, 0.4) is 0 Å². The largest absolute Gasteiger partial charge is 0.497 e. The van der Waals surface area contributed by atoms with Crippen molar-refractivity contribution in [3.05, 3.63) is 117 Å². The van der Waals surface area contributed by atoms with Gasteiger partial charge in [-0.3, -0.25) is 14.4 Å². The van der Waals surface area contributed by atoms with Gasteiger partial charge >= 0.3 is 12.9 Å². The second kappa shape index (κ2) is 20.4. The first kappa shape index (κ1) is 42.4. The molecule has 0 aliphatic rings. The van der Waals surface area contributed by atoms with Gasteiger partial charge in [-0.25, -0.2) is 0 Å². The summed E-state index contributed by atoms with van der Waals surface area (Å²) in [7, 11) is 6.24. The molecule has 1 N–H and O–H groups in total. The molecule has 296 valence electrons. The molecule has 0 aliphatic carbocycles. The minimum atomic E-state index is -2.90. The third-order valence-electron chi connectivity index (χ3n) is 7.30. The lowest BCUT2D eigenvalue weighted by molar-refractivity contribution is 0.0970. The molecule has 20 heteroatoms. The quantitative estimate of drug-likeness (QED) is 0.0732. The van der Waals surface area contributed by atoms with Gasteiger partial charge in [-0.05, 0) is 48.4 Å². The fraction of sp³-hybridized carbons (Fsp3) is 0.250. The fourth-order valence-electron chi connectivity index (χ4n) is 4.56. The fourth-order valence-corrected chi connectivity index (χ4v) is 5.02. The van der Waals surface area contributed by atoms with Crippen molar-refractivity contribution in [3.8, 4) is 45.9 Å². The van der Waals surface area contributed by atoms with Gasteiger partial charge in [0.05, 0.1) is 35.0 Å². The van der Waals surface area contributed by atoms with Gasteiger partial charge in [0, 0.05) is 58.7 Å². The number of nitrogens with one attached hydrogen (secondary N) is 1. The lowest BCUT2D eigenvalue weighted by atomic mass is 10.1. The van der Waals surface area contributed by atoms with Crippen LogP contribution in [-0.4, -0.2) is 69.5 Å². The summed E-state index contributed by atoms with van der Waals surface area (Å²) in [6.45, 7) is -0.235. The molecule has 56 heavy (non-hydrogen) atoms. The van der Waals surface area contributed by atoms with Crippen LogP contribution < -0.4 is 30.1 Å². The number of carbonyl (C=O) groups excluding carboxylic acids is 1. The van der Waals surface area contributed by atoms with Crippen molar-refractivity contribution in [2.45, 2.75) is 25.8 Å². The van der Waals surface area contributed by atoms with Gasteiger partial charge in [-0.1, -0.05) is 15.9 Å². The van der Waals surface area contributed by atoms with Crippen LogP contribution in [0.1, 0.15) is 40.6 Å². The summed E-state index contributed by atoms with van der Waals surface area (Å²) >= 11 is 3.40. The molecule has 0 spiro atoms. The van der Waals surface area contributed by atoms with Crippen molar-refractivity contribution < 1.29 is 50.1 Å². The third-order valence-corrected chi connectivity index (χ3v) is 7.70. The summed E-state index contributed by atoms with van der Waals surface area (Å²) in [5.74, 6) is 0.329. The summed E-state index contributed by atoms with van der Waals surface area (Å²) in [6, 6.07) is 15.8. The number of hydrogen-bond donors (Lipinski definition) is 1. The number of hydrogen-bond acceptors (Lipinski definition) is 13. The molecule has 0 saturated carbocycles. The number of aromatic nitrogens is 6. The van der Waals surface area contributed by atoms with E-state index in [4.69, 9.17) is 23.4 Å². The van der Waals surface area contributed by atoms with E-state index in [-0.39, 0.29) is 35.2 Å². The SMILES string of the molecule is COc1cc(CCBr)cc(OC)c1.COc1cc(OC)cc(C(=O)Cn2ccc(-c3nnc(C(F)F)o3)cc2=O)c1.O=c1cc(-c2nnc(C(F)F)o2)cc[nH]1. The maximum Gasteiger partial charge on any atom is 0.314 e. The Hall–Kier alpha value is -6.31. The average molecular weight is 850 g/mol. The minimum Gasteiger partial charge on any atom is -0.497 e. The van der Waals surface area contributed by atoms with Crippen molar-refractivity contribution >= 4 is 21.7 Å². The summed E-state index contributed by atoms with van der Waals surface area (Å²) in [4.78, 5) is 38.1. The summed E-state index contributed by atoms with van der Waals surface area (Å²) in [6.07, 6.45) is -2.02. The van der Waals surface area contributed by atoms with E-state index in [0.29, 0.717) is 22.6 Å². The monoisotopic (exact) mass is 848 g/mol. The van der Waals surface area contributed by atoms with Gasteiger partial charge in [0.25, 0.3) is 17.3 Å². The highest BCUT2D eigenvalue weighted by Gasteiger charge is 2.19. The predicted octanol–water partition coefficient (Wildman–Crippen LogP) is 6.74. The number of nitrogens with zero attached hydrogens (tertiary/aromatic N) is 5. The number of pyridine rings is 2. The number of rotatable bonds is 13. The van der Waals surface area contributed by atoms with Crippen LogP contribution in [-0.2, 0) is 13.0 Å². The first-order chi connectivity index (χ1) is 26.9. The smallest absolute Gasteiger partial charge is 0.314 e. The van der Waals surface area contributed by atoms with Gasteiger partial charge < -0.3 is 37.3 Å². The summed E-state index contributed by atoms with van der Waals surface area (Å²) in [5.41, 5.74) is 1.11. The van der Waals surface area contributed by atoms with Crippen molar-refractivity contribution in [2.24, 2.45) is 0 Å². The standard InChI is InChI=1S/C18H15F2N3O5.C10H13BrO2.C8H5F2N3O2/c1-26-12-5-11(6-13(8-12)27-2)14(24)9-23-4-3-10(7-15(23)25)17-21-22-18(28-17)16(19)20;1-12-9-5-8(3-4-11)6-10(7-9)13-2;9-6(10)8-13-12-7(15-8)4-1-2-11-5(14)3-4/h3-8,16H,9H2,1-2H3;5-7H,3-4H2,1-2H3;1-3,6H,(H,11,14). The van der Waals surface area contributed by atoms with Crippen LogP contribution >= 0.6 is 15.9 Å². The molecule has 2 aromatic carbocycles. The summed E-state index contributed by atoms with van der Waals surface area (Å²) < 4.78 is 80.5. The van der Waals surface area contributed by atoms with Gasteiger partial charge in [0.2, 0.25) is 17.3 Å². The van der Waals surface area contributed by atoms with Crippen LogP contribution in [0.25, 0.3) is 22.9 Å². The number of halogens is 5. The molecule has 0 radical (unpaired) electrons. The van der Waals surface area contributed by atoms with Crippen molar-refractivity contribution in [1.82, 2.24) is 29.9 Å². The van der Waals surface area contributed by atoms with Gasteiger partial charge in [-0.15, -0.1) is 20.4 Å². The third kappa shape index (κ3) is 11.8. The van der Waals surface area contributed by atoms with E-state index in [0.717, 1.165) is 29.3 Å². The Bertz CT molecular complexity index is 2290. The Balaban J connectivity index is 0.000000208. The second-order valence-electron chi connectivity index (χ2n) is 11.0. The molecule has 4 heterocycles. The molecule has 0 saturated heterocycles. The molecular weight excluding hydrogens is 816 g/mol. The van der Waals surface area contributed by atoms with Gasteiger partial charge in [-0.2, -0.15) is 17.6 Å². The lowest BCUT2D eigenvalue weighted by Gasteiger charge is -2.09. The number of alkyl halides is 5. The highest BCUT2D eigenvalue weighted by Crippen LogP contribution is 2.26. The number of aromatic amines is 1. The van der Waals surface area contributed by atoms with Crippen molar-refractivity contribution in [3.63, 3.8) is 0 Å². The van der Waals surface area contributed by atoms with E-state index in [1.54, 1.807) is 20.3 Å². The number of benzene rings is 2. The van der Waals surface area contributed by atoms with E-state index in [1.165, 1.54) is 67.1 Å². The van der Waals surface area contributed by atoms with Crippen LogP contribution in [0, 0.1) is 0 Å². The predicted molar refractivity (Wildman–Crippen MR) is 195 cm³/mol. The Kier molecular flexibility index (Phi) is 15.5. The molecule has 0 amide bonds. The maximum absolute atomic E-state index is 12.5. The highest BCUT2D eigenvalue weighted by atomic mass is 79.9. The summed E-state index contributed by atoms with van der Waals surface area (Å²) in [5, 5.41) is 14.2. The number of ketones is 1. The lowest BCUT2D eigenvalue weighted by Crippen LogP contribution is -2.23. The van der Waals surface area contributed by atoms with Crippen LogP contribution in [0.5, 0.6) is 23.0 Å². The van der Waals surface area contributed by atoms with E-state index >= 15 is 0 Å². The Morgan fingerprint density at radius 1 is 0.732 bits per heavy atom. The van der Waals surface area contributed by atoms with E-state index in [2.05, 4.69) is 45.7 Å². The molecule has 0 fully saturated rings. The number of Topliss-reactive ketones (excluding diaryl/α,β-unsaturated/α-hetero) is 1. The van der Waals surface area contributed by atoms with Crippen molar-refractivity contribution in [1.29, 1.82) is 0 Å². The van der Waals surface area contributed by atoms with Gasteiger partial charge in [0.15, 0.2) is 5.78 Å². The zero-order valence-electron chi connectivity index (χ0n) is 30.0. The molecule has 0 aliphatic heterocycles. The van der Waals surface area contributed by atoms with E-state index < -0.39 is 30.2 Å². The minimum absolute atomic E-state index is 0.101. The Morgan fingerprint density at radius 3 is 1.66 bits per heavy atom. The zero-order valence-corrected chi connectivity index (χ0v) is 31.6. The molecule has 15 nitrogen and oxygen atoms in total. The van der Waals surface area contributed by atoms with Crippen LogP contribution in [0.2, 0.25) is 0 Å². The first-order valence-corrected chi connectivity index (χ1v) is 17.2. The van der Waals surface area contributed by atoms with Crippen LogP contribution in [0.15, 0.2) is 91.5 Å². The highest BCUT2D eigenvalue weighted by molar-refractivity contribution is 9.09. The van der Waals surface area contributed by atoms with Crippen molar-refractivity contribution in [2.75, 3.05) is 33.8 Å². The normalized spacial score (nSPS) is 10.6. The number of H-pyrrole nitrogens is 1. The topological polar surface area (TPSA) is 187 Å². The molecule has 0 bridgehead atoms. The number of ether oxygens (including phenoxy) is 4. The van der Waals surface area contributed by atoms with E-state index in [1.807, 2.05) is 18.2 Å². The zero-order chi connectivity index (χ0) is 40.8. The Morgan fingerprint density at radius 2 is 1.23 bits per heavy atom. The molecule has 6 aromatic rings. The molecular formula is C36H33BrF4N6O9. The first-order valence-electron chi connectivity index (χ1n) is 16.0. The second-order valence-corrected chi connectivity index (χ2v) is 11.8. The van der Waals surface area contributed by atoms with Crippen LogP contribution in [0.4, 0.5) is 17.6 Å². The molecule has 0 atom stereocenters. The van der Waals surface area contributed by atoms with Gasteiger partial charge in [0.1, 0.15) is 23.0 Å². The number of carbonyl (C=O) groups is 1. The molecule has 4 aromatic heterocycles. The maximum atomic E-state index is 12.5.